The average Bonchev–Trinajstić information content (AvgIpc) is 3.30. The molecular weight excluding hydrogens is 468 g/mol. The number of nitrogens with zero attached hydrogens (tertiary/aromatic N) is 5. The molecule has 0 saturated carbocycles. The third kappa shape index (κ3) is 6.53. The van der Waals surface area contributed by atoms with Gasteiger partial charge in [0.25, 0.3) is 0 Å². The van der Waals surface area contributed by atoms with Crippen LogP contribution in [0.25, 0.3) is 11.0 Å². The van der Waals surface area contributed by atoms with Gasteiger partial charge in [0.05, 0.1) is 18.7 Å². The largest absolute Gasteiger partial charge is 0.379 e. The van der Waals surface area contributed by atoms with Crippen LogP contribution >= 0.6 is 0 Å². The highest BCUT2D eigenvalue weighted by Gasteiger charge is 2.35. The second-order valence-electron chi connectivity index (χ2n) is 10.3. The van der Waals surface area contributed by atoms with Gasteiger partial charge in [0.1, 0.15) is 18.1 Å². The zero-order chi connectivity index (χ0) is 26.4. The lowest BCUT2D eigenvalue weighted by Crippen LogP contribution is -2.52. The lowest BCUT2D eigenvalue weighted by Gasteiger charge is -2.37. The van der Waals surface area contributed by atoms with E-state index in [0.717, 1.165) is 41.7 Å². The van der Waals surface area contributed by atoms with Crippen LogP contribution < -0.4 is 5.32 Å². The van der Waals surface area contributed by atoms with Gasteiger partial charge in [-0.2, -0.15) is 0 Å². The predicted molar refractivity (Wildman–Crippen MR) is 143 cm³/mol. The summed E-state index contributed by atoms with van der Waals surface area (Å²) in [5.74, 6) is -0.360. The van der Waals surface area contributed by atoms with Crippen molar-refractivity contribution in [2.75, 3.05) is 39.4 Å². The Hall–Kier alpha value is -3.30. The van der Waals surface area contributed by atoms with Gasteiger partial charge < -0.3 is 15.0 Å². The number of para-hydroxylation sites is 1. The minimum absolute atomic E-state index is 0.00352. The maximum absolute atomic E-state index is 14.0. The number of aromatic nitrogens is 3. The van der Waals surface area contributed by atoms with Crippen molar-refractivity contribution in [3.63, 3.8) is 0 Å². The summed E-state index contributed by atoms with van der Waals surface area (Å²) in [6.45, 7) is 12.0. The fourth-order valence-electron chi connectivity index (χ4n) is 4.56. The number of carbonyl (C=O) groups excluding carboxylic acids is 2. The van der Waals surface area contributed by atoms with Crippen molar-refractivity contribution in [1.29, 1.82) is 0 Å². The Labute approximate surface area is 218 Å². The average molecular weight is 507 g/mol. The van der Waals surface area contributed by atoms with Crippen LogP contribution in [0, 0.1) is 6.92 Å². The molecule has 2 heterocycles. The van der Waals surface area contributed by atoms with E-state index in [2.05, 4.69) is 20.5 Å². The second kappa shape index (κ2) is 11.8. The van der Waals surface area contributed by atoms with Crippen LogP contribution in [0.4, 0.5) is 0 Å². The summed E-state index contributed by atoms with van der Waals surface area (Å²) >= 11 is 0. The summed E-state index contributed by atoms with van der Waals surface area (Å²) in [5, 5.41) is 11.6. The van der Waals surface area contributed by atoms with E-state index in [4.69, 9.17) is 4.74 Å². The van der Waals surface area contributed by atoms with Crippen molar-refractivity contribution in [1.82, 2.24) is 30.1 Å². The molecule has 1 aliphatic heterocycles. The number of aryl methyl sites for hydroxylation is 1. The lowest BCUT2D eigenvalue weighted by molar-refractivity contribution is -0.142. The van der Waals surface area contributed by atoms with E-state index < -0.39 is 11.6 Å². The van der Waals surface area contributed by atoms with Crippen molar-refractivity contribution < 1.29 is 14.3 Å². The van der Waals surface area contributed by atoms with Gasteiger partial charge in [-0.25, -0.2) is 4.68 Å². The van der Waals surface area contributed by atoms with Gasteiger partial charge in [-0.3, -0.25) is 14.5 Å². The number of fused-ring (bicyclic) bond motifs is 1. The molecule has 4 rings (SSSR count). The maximum Gasteiger partial charge on any atom is 0.247 e. The van der Waals surface area contributed by atoms with Gasteiger partial charge in [-0.1, -0.05) is 48.5 Å². The molecule has 2 aromatic carbocycles. The number of carbonyl (C=O) groups is 2. The molecule has 0 bridgehead atoms. The van der Waals surface area contributed by atoms with Crippen molar-refractivity contribution >= 4 is 22.8 Å². The molecule has 9 nitrogen and oxygen atoms in total. The van der Waals surface area contributed by atoms with E-state index in [9.17, 15) is 9.59 Å². The normalized spacial score (nSPS) is 15.5. The zero-order valence-electron chi connectivity index (χ0n) is 22.3. The Morgan fingerprint density at radius 2 is 1.81 bits per heavy atom. The third-order valence-electron chi connectivity index (χ3n) is 7.17. The van der Waals surface area contributed by atoms with Crippen LogP contribution in [0.5, 0.6) is 0 Å². The Morgan fingerprint density at radius 3 is 2.54 bits per heavy atom. The molecular formula is C28H38N6O3. The minimum Gasteiger partial charge on any atom is -0.379 e. The van der Waals surface area contributed by atoms with Crippen molar-refractivity contribution in [2.45, 2.75) is 52.2 Å². The maximum atomic E-state index is 14.0. The Balaban J connectivity index is 1.69. The molecule has 198 valence electrons. The van der Waals surface area contributed by atoms with E-state index in [1.807, 2.05) is 76.2 Å². The van der Waals surface area contributed by atoms with E-state index in [1.54, 1.807) is 9.58 Å². The van der Waals surface area contributed by atoms with E-state index in [0.29, 0.717) is 26.3 Å². The number of benzene rings is 2. The number of rotatable bonds is 10. The van der Waals surface area contributed by atoms with Crippen LogP contribution in [-0.4, -0.2) is 81.5 Å². The molecule has 1 fully saturated rings. The van der Waals surface area contributed by atoms with Crippen LogP contribution in [0.3, 0.4) is 0 Å². The van der Waals surface area contributed by atoms with Crippen LogP contribution in [-0.2, 0) is 20.9 Å². The molecule has 1 atom stereocenters. The van der Waals surface area contributed by atoms with Gasteiger partial charge >= 0.3 is 0 Å². The number of hydrogen-bond acceptors (Lipinski definition) is 6. The number of morpholine rings is 1. The molecule has 2 amide bonds. The van der Waals surface area contributed by atoms with Crippen LogP contribution in [0.1, 0.15) is 44.4 Å². The van der Waals surface area contributed by atoms with Crippen molar-refractivity contribution in [2.24, 2.45) is 0 Å². The Morgan fingerprint density at radius 1 is 1.11 bits per heavy atom. The van der Waals surface area contributed by atoms with E-state index in [-0.39, 0.29) is 18.4 Å². The number of amides is 2. The molecule has 1 aromatic heterocycles. The van der Waals surface area contributed by atoms with Gasteiger partial charge in [0.2, 0.25) is 11.8 Å². The van der Waals surface area contributed by atoms with Gasteiger partial charge in [0, 0.05) is 31.7 Å². The Kier molecular flexibility index (Phi) is 8.56. The fraction of sp³-hybridized carbons (Fsp3) is 0.500. The first-order valence-corrected chi connectivity index (χ1v) is 13.0. The first-order chi connectivity index (χ1) is 17.8. The fourth-order valence-corrected chi connectivity index (χ4v) is 4.56. The minimum atomic E-state index is -0.768. The number of ether oxygens (including phenoxy) is 1. The molecule has 1 unspecified atom stereocenters. The summed E-state index contributed by atoms with van der Waals surface area (Å²) in [4.78, 5) is 31.9. The number of hydrogen-bond donors (Lipinski definition) is 1. The monoisotopic (exact) mass is 506 g/mol. The Bertz CT molecular complexity index is 1220. The summed E-state index contributed by atoms with van der Waals surface area (Å²) < 4.78 is 7.11. The quantitative estimate of drug-likeness (QED) is 0.455. The summed E-state index contributed by atoms with van der Waals surface area (Å²) in [5.41, 5.74) is 2.90. The molecule has 1 N–H and O–H groups in total. The van der Waals surface area contributed by atoms with Gasteiger partial charge in [-0.05, 0) is 50.5 Å². The van der Waals surface area contributed by atoms with E-state index >= 15 is 0 Å². The molecule has 0 spiro atoms. The first-order valence-electron chi connectivity index (χ1n) is 13.0. The SMILES string of the molecule is CCC(C)(C)NC(=O)C(c1ccccc1C)N(CCN1CCOCC1)C(=O)Cn1nnc2ccccc21. The molecule has 3 aromatic rings. The topological polar surface area (TPSA) is 92.6 Å². The summed E-state index contributed by atoms with van der Waals surface area (Å²) in [6, 6.07) is 14.6. The first kappa shape index (κ1) is 26.8. The van der Waals surface area contributed by atoms with Crippen LogP contribution in [0.15, 0.2) is 48.5 Å². The second-order valence-corrected chi connectivity index (χ2v) is 10.3. The van der Waals surface area contributed by atoms with Crippen molar-refractivity contribution in [3.05, 3.63) is 59.7 Å². The third-order valence-corrected chi connectivity index (χ3v) is 7.17. The smallest absolute Gasteiger partial charge is 0.247 e. The molecule has 0 radical (unpaired) electrons. The number of nitrogens with one attached hydrogen (secondary N) is 1. The molecule has 37 heavy (non-hydrogen) atoms. The van der Waals surface area contributed by atoms with Gasteiger partial charge in [0.15, 0.2) is 0 Å². The van der Waals surface area contributed by atoms with E-state index in [1.165, 1.54) is 0 Å². The lowest BCUT2D eigenvalue weighted by atomic mass is 9.96. The standard InChI is InChI=1S/C28H38N6O3/c1-5-28(3,4)29-27(36)26(22-11-7-6-10-21(22)2)33(15-14-32-16-18-37-19-17-32)25(35)20-34-24-13-9-8-12-23(24)30-31-34/h6-13,26H,5,14-20H2,1-4H3,(H,29,36). The summed E-state index contributed by atoms with van der Waals surface area (Å²) in [7, 11) is 0. The molecule has 1 aliphatic rings. The van der Waals surface area contributed by atoms with Crippen molar-refractivity contribution in [3.8, 4) is 0 Å². The highest BCUT2D eigenvalue weighted by molar-refractivity contribution is 5.90. The highest BCUT2D eigenvalue weighted by atomic mass is 16.5. The predicted octanol–water partition coefficient (Wildman–Crippen LogP) is 2.95. The molecule has 9 heteroatoms. The molecule has 0 aliphatic carbocycles. The van der Waals surface area contributed by atoms with Crippen LogP contribution in [0.2, 0.25) is 0 Å². The van der Waals surface area contributed by atoms with Gasteiger partial charge in [-0.15, -0.1) is 5.10 Å². The zero-order valence-corrected chi connectivity index (χ0v) is 22.3. The molecule has 1 saturated heterocycles. The summed E-state index contributed by atoms with van der Waals surface area (Å²) in [6.07, 6.45) is 0.770. The highest BCUT2D eigenvalue weighted by Crippen LogP contribution is 2.27.